The van der Waals surface area contributed by atoms with Gasteiger partial charge in [-0.05, 0) is 30.5 Å². The lowest BCUT2D eigenvalue weighted by molar-refractivity contribution is 0.0899. The van der Waals surface area contributed by atoms with Gasteiger partial charge in [0.2, 0.25) is 5.95 Å². The second-order valence-electron chi connectivity index (χ2n) is 9.54. The van der Waals surface area contributed by atoms with Crippen molar-refractivity contribution in [3.05, 3.63) is 30.5 Å². The van der Waals surface area contributed by atoms with Gasteiger partial charge in [0.25, 0.3) is 0 Å². The molecule has 0 spiro atoms. The number of benzene rings is 1. The molecule has 1 aliphatic heterocycles. The number of anilines is 3. The fraction of sp³-hybridized carbons (Fsp3) is 0.500. The van der Waals surface area contributed by atoms with Crippen LogP contribution in [-0.2, 0) is 16.2 Å². The molecule has 10 heteroatoms. The van der Waals surface area contributed by atoms with E-state index in [0.717, 1.165) is 72.1 Å². The number of morpholine rings is 1. The summed E-state index contributed by atoms with van der Waals surface area (Å²) in [5.41, 5.74) is 2.81. The monoisotopic (exact) mass is 501 g/mol. The quantitative estimate of drug-likeness (QED) is 0.179. The molecule has 3 heterocycles. The molecular weight excluding hydrogens is 466 g/mol. The summed E-state index contributed by atoms with van der Waals surface area (Å²) in [6.07, 6.45) is 4.06. The number of nitrogens with zero attached hydrogens (tertiary/aromatic N) is 4. The van der Waals surface area contributed by atoms with Gasteiger partial charge >= 0.3 is 0 Å². The first-order valence-corrected chi connectivity index (χ1v) is 16.6. The number of ether oxygens (including phenoxy) is 3. The number of hydrogen-bond donors (Lipinski definition) is 1. The Balaban J connectivity index is 1.55. The molecule has 0 bridgehead atoms. The third kappa shape index (κ3) is 6.04. The number of thioether (sulfide) groups is 1. The van der Waals surface area contributed by atoms with Gasteiger partial charge in [-0.2, -0.15) is 4.98 Å². The maximum Gasteiger partial charge on any atom is 0.230 e. The van der Waals surface area contributed by atoms with Crippen LogP contribution in [0.1, 0.15) is 0 Å². The molecule has 184 valence electrons. The summed E-state index contributed by atoms with van der Waals surface area (Å²) in [6.45, 7) is 11.6. The van der Waals surface area contributed by atoms with E-state index in [9.17, 15) is 0 Å². The fourth-order valence-electron chi connectivity index (χ4n) is 3.82. The van der Waals surface area contributed by atoms with Gasteiger partial charge in [0.15, 0.2) is 0 Å². The Morgan fingerprint density at radius 2 is 1.94 bits per heavy atom. The zero-order chi connectivity index (χ0) is 24.1. The van der Waals surface area contributed by atoms with E-state index in [0.29, 0.717) is 12.7 Å². The lowest BCUT2D eigenvalue weighted by atomic mass is 10.2. The second kappa shape index (κ2) is 11.0. The van der Waals surface area contributed by atoms with E-state index in [1.165, 1.54) is 0 Å². The molecule has 0 atom stereocenters. The first-order chi connectivity index (χ1) is 16.4. The van der Waals surface area contributed by atoms with Crippen molar-refractivity contribution in [2.75, 3.05) is 56.5 Å². The predicted molar refractivity (Wildman–Crippen MR) is 143 cm³/mol. The topological polar surface area (TPSA) is 73.7 Å². The highest BCUT2D eigenvalue weighted by molar-refractivity contribution is 7.98. The first-order valence-electron chi connectivity index (χ1n) is 11.6. The largest absolute Gasteiger partial charge is 0.494 e. The summed E-state index contributed by atoms with van der Waals surface area (Å²) in [7, 11) is 0.566. The van der Waals surface area contributed by atoms with E-state index in [4.69, 9.17) is 24.2 Å². The normalized spacial score (nSPS) is 14.6. The van der Waals surface area contributed by atoms with Crippen molar-refractivity contribution in [3.8, 4) is 5.75 Å². The number of hydrogen-bond acceptors (Lipinski definition) is 8. The Bertz CT molecular complexity index is 1110. The van der Waals surface area contributed by atoms with Crippen LogP contribution in [0.3, 0.4) is 0 Å². The van der Waals surface area contributed by atoms with Crippen LogP contribution >= 0.6 is 11.8 Å². The molecule has 1 N–H and O–H groups in total. The average Bonchev–Trinajstić information content (AvgIpc) is 3.24. The smallest absolute Gasteiger partial charge is 0.230 e. The van der Waals surface area contributed by atoms with E-state index in [1.807, 2.05) is 23.1 Å². The Labute approximate surface area is 207 Å². The maximum absolute atomic E-state index is 5.98. The molecule has 1 aromatic carbocycles. The minimum atomic E-state index is -1.12. The predicted octanol–water partition coefficient (Wildman–Crippen LogP) is 5.05. The summed E-state index contributed by atoms with van der Waals surface area (Å²) in [4.78, 5) is 11.9. The Morgan fingerprint density at radius 1 is 1.15 bits per heavy atom. The van der Waals surface area contributed by atoms with E-state index in [1.54, 1.807) is 18.9 Å². The van der Waals surface area contributed by atoms with Crippen LogP contribution in [0.25, 0.3) is 11.0 Å². The highest BCUT2D eigenvalue weighted by Crippen LogP contribution is 2.33. The molecule has 3 aromatic rings. The number of rotatable bonds is 10. The van der Waals surface area contributed by atoms with Crippen molar-refractivity contribution >= 4 is 48.2 Å². The van der Waals surface area contributed by atoms with Crippen LogP contribution in [0.5, 0.6) is 5.75 Å². The van der Waals surface area contributed by atoms with Crippen LogP contribution in [0.2, 0.25) is 25.7 Å². The molecular formula is C24H35N5O3SSi. The Hall–Kier alpha value is -2.27. The van der Waals surface area contributed by atoms with Gasteiger partial charge in [-0.15, -0.1) is 11.8 Å². The summed E-state index contributed by atoms with van der Waals surface area (Å²) in [5.74, 6) is 1.29. The van der Waals surface area contributed by atoms with Crippen LogP contribution < -0.4 is 15.0 Å². The first kappa shape index (κ1) is 24.8. The van der Waals surface area contributed by atoms with E-state index in [2.05, 4.69) is 48.1 Å². The van der Waals surface area contributed by atoms with Gasteiger partial charge in [-0.1, -0.05) is 19.6 Å². The third-order valence-electron chi connectivity index (χ3n) is 5.81. The number of nitrogens with one attached hydrogen (secondary N) is 1. The van der Waals surface area contributed by atoms with Crippen molar-refractivity contribution in [2.24, 2.45) is 0 Å². The highest BCUT2D eigenvalue weighted by Gasteiger charge is 2.17. The second-order valence-corrected chi connectivity index (χ2v) is 16.0. The number of fused-ring (bicyclic) bond motifs is 1. The van der Waals surface area contributed by atoms with Crippen LogP contribution in [0.15, 0.2) is 35.5 Å². The van der Waals surface area contributed by atoms with E-state index >= 15 is 0 Å². The van der Waals surface area contributed by atoms with Gasteiger partial charge in [0.05, 0.1) is 31.4 Å². The number of methoxy groups -OCH3 is 1. The lowest BCUT2D eigenvalue weighted by Gasteiger charge is -2.29. The minimum absolute atomic E-state index is 0.482. The van der Waals surface area contributed by atoms with Crippen molar-refractivity contribution < 1.29 is 14.2 Å². The van der Waals surface area contributed by atoms with Gasteiger partial charge < -0.3 is 29.0 Å². The summed E-state index contributed by atoms with van der Waals surface area (Å²) in [6, 6.07) is 9.37. The maximum atomic E-state index is 5.98. The standard InChI is InChI=1S/C24H35N5O3SSi/c1-30-21-16-18(28-10-12-31-13-11-28)6-7-20(21)25-24-26-22-19(23(27-24)33-2)8-9-29(22)17-32-14-15-34(3,4)5/h6-9,16H,10-15,17H2,1-5H3,(H,25,26,27). The molecule has 4 rings (SSSR count). The zero-order valence-corrected chi connectivity index (χ0v) is 22.6. The van der Waals surface area contributed by atoms with E-state index in [-0.39, 0.29) is 0 Å². The molecule has 0 amide bonds. The Morgan fingerprint density at radius 3 is 2.65 bits per heavy atom. The summed E-state index contributed by atoms with van der Waals surface area (Å²) >= 11 is 1.61. The van der Waals surface area contributed by atoms with Gasteiger partial charge in [0, 0.05) is 45.7 Å². The molecule has 8 nitrogen and oxygen atoms in total. The molecule has 1 saturated heterocycles. The van der Waals surface area contributed by atoms with Crippen LogP contribution in [0.4, 0.5) is 17.3 Å². The molecule has 0 aliphatic carbocycles. The third-order valence-corrected chi connectivity index (χ3v) is 8.21. The molecule has 34 heavy (non-hydrogen) atoms. The highest BCUT2D eigenvalue weighted by atomic mass is 32.2. The molecule has 2 aromatic heterocycles. The van der Waals surface area contributed by atoms with Gasteiger partial charge in [-0.25, -0.2) is 4.98 Å². The van der Waals surface area contributed by atoms with Crippen molar-refractivity contribution in [2.45, 2.75) is 37.4 Å². The van der Waals surface area contributed by atoms with Crippen molar-refractivity contribution in [1.29, 1.82) is 0 Å². The molecule has 0 saturated carbocycles. The molecule has 0 radical (unpaired) electrons. The number of aromatic nitrogens is 3. The summed E-state index contributed by atoms with van der Waals surface area (Å²) < 4.78 is 19.2. The average molecular weight is 502 g/mol. The van der Waals surface area contributed by atoms with Crippen LogP contribution in [-0.4, -0.2) is 68.9 Å². The van der Waals surface area contributed by atoms with E-state index < -0.39 is 8.07 Å². The minimum Gasteiger partial charge on any atom is -0.494 e. The zero-order valence-electron chi connectivity index (χ0n) is 20.8. The fourth-order valence-corrected chi connectivity index (χ4v) is 5.13. The molecule has 1 aliphatic rings. The van der Waals surface area contributed by atoms with Crippen LogP contribution in [0, 0.1) is 0 Å². The van der Waals surface area contributed by atoms with Crippen molar-refractivity contribution in [1.82, 2.24) is 14.5 Å². The SMILES string of the molecule is COc1cc(N2CCOCC2)ccc1Nc1nc(SC)c2ccn(COCC[Si](C)(C)C)c2n1. The molecule has 1 fully saturated rings. The lowest BCUT2D eigenvalue weighted by Crippen LogP contribution is -2.36. The molecule has 0 unspecified atom stereocenters. The Kier molecular flexibility index (Phi) is 8.02. The van der Waals surface area contributed by atoms with Gasteiger partial charge in [-0.3, -0.25) is 0 Å². The van der Waals surface area contributed by atoms with Crippen molar-refractivity contribution in [3.63, 3.8) is 0 Å². The van der Waals surface area contributed by atoms with Gasteiger partial charge in [0.1, 0.15) is 23.2 Å². The summed E-state index contributed by atoms with van der Waals surface area (Å²) in [5, 5.41) is 5.33.